The molecule has 4 aromatic carbocycles. The zero-order chi connectivity index (χ0) is 28.0. The van der Waals surface area contributed by atoms with Crippen LogP contribution in [-0.2, 0) is 32.5 Å². The predicted octanol–water partition coefficient (Wildman–Crippen LogP) is 7.96. The van der Waals surface area contributed by atoms with Gasteiger partial charge in [-0.2, -0.15) is 0 Å². The molecule has 0 fully saturated rings. The number of aryl methyl sites for hydroxylation is 3. The number of hydrogen-bond donors (Lipinski definition) is 1. The summed E-state index contributed by atoms with van der Waals surface area (Å²) in [6, 6.07) is 38.7. The topological polar surface area (TPSA) is 60.0 Å². The lowest BCUT2D eigenvalue weighted by Crippen LogP contribution is -2.22. The molecule has 6 rings (SSSR count). The van der Waals surface area contributed by atoms with Crippen molar-refractivity contribution in [1.82, 2.24) is 14.5 Å². The minimum atomic E-state index is 0.511. The number of benzene rings is 4. The maximum absolute atomic E-state index is 6.40. The van der Waals surface area contributed by atoms with Gasteiger partial charge in [0.2, 0.25) is 0 Å². The fourth-order valence-electron chi connectivity index (χ4n) is 5.63. The van der Waals surface area contributed by atoms with E-state index in [1.807, 2.05) is 12.1 Å². The largest absolute Gasteiger partial charge is 0.382 e. The predicted molar refractivity (Wildman–Crippen MR) is 171 cm³/mol. The van der Waals surface area contributed by atoms with Gasteiger partial charge < -0.3 is 15.2 Å². The quantitative estimate of drug-likeness (QED) is 0.181. The second kappa shape index (κ2) is 12.3. The minimum Gasteiger partial charge on any atom is -0.382 e. The average molecular weight is 540 g/mol. The van der Waals surface area contributed by atoms with Crippen molar-refractivity contribution >= 4 is 33.4 Å². The maximum atomic E-state index is 6.40. The molecule has 0 aliphatic heterocycles. The highest BCUT2D eigenvalue weighted by molar-refractivity contribution is 6.06. The van der Waals surface area contributed by atoms with Crippen LogP contribution in [0.2, 0.25) is 0 Å². The molecule has 0 aliphatic rings. The molecular weight excluding hydrogens is 502 g/mol. The van der Waals surface area contributed by atoms with Crippen molar-refractivity contribution in [3.8, 4) is 0 Å². The van der Waals surface area contributed by atoms with E-state index in [1.54, 1.807) is 0 Å². The van der Waals surface area contributed by atoms with Gasteiger partial charge in [-0.25, -0.2) is 9.97 Å². The average Bonchev–Trinajstić information content (AvgIpc) is 3.39. The minimum absolute atomic E-state index is 0.511. The zero-order valence-electron chi connectivity index (χ0n) is 23.7. The van der Waals surface area contributed by atoms with E-state index in [4.69, 9.17) is 10.7 Å². The molecule has 2 N–H and O–H groups in total. The monoisotopic (exact) mass is 539 g/mol. The number of anilines is 2. The van der Waals surface area contributed by atoms with Gasteiger partial charge in [0, 0.05) is 37.1 Å². The fraction of sp³-hybridized carbons (Fsp3) is 0.222. The molecule has 0 spiro atoms. The number of imidazole rings is 1. The van der Waals surface area contributed by atoms with Crippen LogP contribution < -0.4 is 10.6 Å². The zero-order valence-corrected chi connectivity index (χ0v) is 23.7. The van der Waals surface area contributed by atoms with E-state index in [0.717, 1.165) is 73.1 Å². The van der Waals surface area contributed by atoms with E-state index in [1.165, 1.54) is 22.4 Å². The van der Waals surface area contributed by atoms with Gasteiger partial charge in [0.05, 0.1) is 11.0 Å². The van der Waals surface area contributed by atoms with Gasteiger partial charge in [-0.15, -0.1) is 0 Å². The van der Waals surface area contributed by atoms with Crippen LogP contribution in [0.5, 0.6) is 0 Å². The maximum Gasteiger partial charge on any atom is 0.152 e. The van der Waals surface area contributed by atoms with E-state index in [9.17, 15) is 0 Å². The van der Waals surface area contributed by atoms with Crippen LogP contribution in [0.4, 0.5) is 11.5 Å². The molecule has 5 nitrogen and oxygen atoms in total. The number of para-hydroxylation sites is 1. The Balaban J connectivity index is 1.27. The number of nitrogen functional groups attached to an aromatic ring is 1. The van der Waals surface area contributed by atoms with E-state index in [-0.39, 0.29) is 0 Å². The molecule has 0 aliphatic carbocycles. The highest BCUT2D eigenvalue weighted by atomic mass is 15.1. The number of nitrogens with two attached hydrogens (primary N) is 1. The van der Waals surface area contributed by atoms with Gasteiger partial charge in [0.1, 0.15) is 11.3 Å². The van der Waals surface area contributed by atoms with Crippen molar-refractivity contribution in [2.45, 2.75) is 52.2 Å². The molecule has 0 unspecified atom stereocenters. The van der Waals surface area contributed by atoms with Crippen LogP contribution >= 0.6 is 0 Å². The summed E-state index contributed by atoms with van der Waals surface area (Å²) < 4.78 is 2.39. The van der Waals surface area contributed by atoms with Gasteiger partial charge >= 0.3 is 0 Å². The Hall–Kier alpha value is -4.64. The Morgan fingerprint density at radius 1 is 0.683 bits per heavy atom. The molecule has 0 saturated carbocycles. The highest BCUT2D eigenvalue weighted by Crippen LogP contribution is 2.30. The summed E-state index contributed by atoms with van der Waals surface area (Å²) in [4.78, 5) is 12.1. The number of unbranched alkanes of at least 4 members (excludes halogenated alkanes) is 1. The van der Waals surface area contributed by atoms with Crippen molar-refractivity contribution < 1.29 is 0 Å². The van der Waals surface area contributed by atoms with E-state index >= 15 is 0 Å². The lowest BCUT2D eigenvalue weighted by molar-refractivity contribution is 0.644. The second-order valence-electron chi connectivity index (χ2n) is 10.7. The van der Waals surface area contributed by atoms with Gasteiger partial charge in [-0.3, -0.25) is 0 Å². The van der Waals surface area contributed by atoms with Crippen LogP contribution in [0.25, 0.3) is 21.9 Å². The normalized spacial score (nSPS) is 11.3. The lowest BCUT2D eigenvalue weighted by atomic mass is 10.1. The number of rotatable bonds is 11. The van der Waals surface area contributed by atoms with Crippen molar-refractivity contribution in [3.63, 3.8) is 0 Å². The van der Waals surface area contributed by atoms with E-state index in [0.29, 0.717) is 5.82 Å². The second-order valence-corrected chi connectivity index (χ2v) is 10.7. The first-order valence-corrected chi connectivity index (χ1v) is 14.6. The van der Waals surface area contributed by atoms with Crippen molar-refractivity contribution in [1.29, 1.82) is 0 Å². The summed E-state index contributed by atoms with van der Waals surface area (Å²) >= 11 is 0. The van der Waals surface area contributed by atoms with Crippen LogP contribution in [0.1, 0.15) is 42.3 Å². The molecule has 41 heavy (non-hydrogen) atoms. The molecule has 0 radical (unpaired) electrons. The summed E-state index contributed by atoms with van der Waals surface area (Å²) in [5.41, 5.74) is 14.4. The van der Waals surface area contributed by atoms with Crippen LogP contribution in [0.3, 0.4) is 0 Å². The third-order valence-electron chi connectivity index (χ3n) is 7.80. The fourth-order valence-corrected chi connectivity index (χ4v) is 5.63. The van der Waals surface area contributed by atoms with E-state index in [2.05, 4.69) is 118 Å². The van der Waals surface area contributed by atoms with Crippen LogP contribution in [0.15, 0.2) is 109 Å². The Labute approximate surface area is 242 Å². The molecule has 5 heteroatoms. The highest BCUT2D eigenvalue weighted by Gasteiger charge is 2.17. The molecule has 2 aromatic heterocycles. The van der Waals surface area contributed by atoms with Crippen LogP contribution in [0, 0.1) is 0 Å². The van der Waals surface area contributed by atoms with Gasteiger partial charge in [-0.05, 0) is 47.7 Å². The number of nitrogens with zero attached hydrogens (tertiary/aromatic N) is 4. The Bertz CT molecular complexity index is 1680. The first-order chi connectivity index (χ1) is 20.2. The molecule has 0 saturated heterocycles. The Kier molecular flexibility index (Phi) is 7.94. The number of fused-ring (bicyclic) bond motifs is 3. The number of pyridine rings is 1. The van der Waals surface area contributed by atoms with Crippen LogP contribution in [-0.4, -0.2) is 14.5 Å². The number of hydrogen-bond acceptors (Lipinski definition) is 4. The van der Waals surface area contributed by atoms with E-state index < -0.39 is 0 Å². The summed E-state index contributed by atoms with van der Waals surface area (Å²) in [5.74, 6) is 1.61. The summed E-state index contributed by atoms with van der Waals surface area (Å²) in [5, 5.41) is 1.11. The van der Waals surface area contributed by atoms with Crippen molar-refractivity contribution in [2.24, 2.45) is 0 Å². The molecule has 0 atom stereocenters. The SMILES string of the molecule is CCCCc1nc2c(N)nc3ccccc3c2n1CCc1ccc(N(Cc2ccccc2)Cc2ccccc2)cc1. The molecule has 6 aromatic rings. The standard InChI is InChI=1S/C36H37N5/c1-2-3-18-33-39-34-35(31-16-10-11-17-32(31)38-36(34)37)41(33)24-23-27-19-21-30(22-20-27)40(25-28-12-6-4-7-13-28)26-29-14-8-5-9-15-29/h4-17,19-22H,2-3,18,23-26H2,1H3,(H2,37,38). The number of aromatic nitrogens is 3. The first-order valence-electron chi connectivity index (χ1n) is 14.6. The lowest BCUT2D eigenvalue weighted by Gasteiger charge is -2.25. The molecule has 0 bridgehead atoms. The van der Waals surface area contributed by atoms with Crippen molar-refractivity contribution in [2.75, 3.05) is 10.6 Å². The third-order valence-corrected chi connectivity index (χ3v) is 7.80. The Morgan fingerprint density at radius 3 is 1.98 bits per heavy atom. The smallest absolute Gasteiger partial charge is 0.152 e. The van der Waals surface area contributed by atoms with Gasteiger partial charge in [0.25, 0.3) is 0 Å². The molecule has 206 valence electrons. The molecular formula is C36H37N5. The Morgan fingerprint density at radius 2 is 1.32 bits per heavy atom. The summed E-state index contributed by atoms with van der Waals surface area (Å²) in [6.07, 6.45) is 4.08. The summed E-state index contributed by atoms with van der Waals surface area (Å²) in [7, 11) is 0. The first kappa shape index (κ1) is 26.6. The molecule has 2 heterocycles. The van der Waals surface area contributed by atoms with Crippen molar-refractivity contribution in [3.05, 3.63) is 132 Å². The third kappa shape index (κ3) is 5.94. The van der Waals surface area contributed by atoms with Gasteiger partial charge in [-0.1, -0.05) is 104 Å². The molecule has 0 amide bonds. The van der Waals surface area contributed by atoms with Gasteiger partial charge in [0.15, 0.2) is 5.82 Å². The summed E-state index contributed by atoms with van der Waals surface area (Å²) in [6.45, 7) is 4.79.